The van der Waals surface area contributed by atoms with E-state index >= 15 is 0 Å². The van der Waals surface area contributed by atoms with Crippen molar-refractivity contribution in [1.29, 1.82) is 0 Å². The first kappa shape index (κ1) is 25.9. The van der Waals surface area contributed by atoms with E-state index in [1.807, 2.05) is 32.0 Å². The van der Waals surface area contributed by atoms with Gasteiger partial charge >= 0.3 is 0 Å². The van der Waals surface area contributed by atoms with Crippen LogP contribution in [0.25, 0.3) is 22.3 Å². The number of benzene rings is 2. The summed E-state index contributed by atoms with van der Waals surface area (Å²) in [5, 5.41) is 3.91. The molecule has 0 bridgehead atoms. The Labute approximate surface area is 221 Å². The van der Waals surface area contributed by atoms with Crippen LogP contribution in [0.15, 0.2) is 47.3 Å². The lowest BCUT2D eigenvalue weighted by atomic mass is 9.71. The lowest BCUT2D eigenvalue weighted by Gasteiger charge is -2.40. The number of aromatic nitrogens is 2. The van der Waals surface area contributed by atoms with Gasteiger partial charge in [0.15, 0.2) is 0 Å². The minimum atomic E-state index is -0.695. The minimum absolute atomic E-state index is 0.0369. The fourth-order valence-electron chi connectivity index (χ4n) is 5.69. The number of fused-ring (bicyclic) bond motifs is 1. The number of hydrogen-bond acceptors (Lipinski definition) is 4. The van der Waals surface area contributed by atoms with E-state index in [-0.39, 0.29) is 24.1 Å². The number of piperidine rings is 1. The first-order valence-corrected chi connectivity index (χ1v) is 13.6. The number of alkyl halides is 1. The van der Waals surface area contributed by atoms with Crippen LogP contribution in [0.4, 0.5) is 4.39 Å². The highest BCUT2D eigenvalue weighted by Gasteiger charge is 2.33. The molecule has 1 aliphatic heterocycles. The van der Waals surface area contributed by atoms with Crippen molar-refractivity contribution in [3.8, 4) is 11.4 Å². The minimum Gasteiger partial charge on any atom is -0.352 e. The zero-order valence-corrected chi connectivity index (χ0v) is 22.2. The Balaban J connectivity index is 1.42. The summed E-state index contributed by atoms with van der Waals surface area (Å²) < 4.78 is 15.2. The van der Waals surface area contributed by atoms with Crippen molar-refractivity contribution in [1.82, 2.24) is 19.8 Å². The van der Waals surface area contributed by atoms with Crippen LogP contribution in [0.5, 0.6) is 0 Å². The van der Waals surface area contributed by atoms with Crippen molar-refractivity contribution in [2.45, 2.75) is 64.2 Å². The highest BCUT2D eigenvalue weighted by Crippen LogP contribution is 2.42. The Morgan fingerprint density at radius 3 is 2.76 bits per heavy atom. The molecule has 2 aliphatic rings. The van der Waals surface area contributed by atoms with Crippen molar-refractivity contribution in [2.75, 3.05) is 19.6 Å². The van der Waals surface area contributed by atoms with E-state index in [0.717, 1.165) is 37.9 Å². The summed E-state index contributed by atoms with van der Waals surface area (Å²) in [6.07, 6.45) is 3.01. The summed E-state index contributed by atoms with van der Waals surface area (Å²) >= 11 is 6.22. The number of hydrogen-bond donors (Lipinski definition) is 1. The Bertz CT molecular complexity index is 1350. The first-order valence-electron chi connectivity index (χ1n) is 13.2. The van der Waals surface area contributed by atoms with Gasteiger partial charge < -0.3 is 10.2 Å². The fourth-order valence-corrected chi connectivity index (χ4v) is 5.88. The number of amides is 1. The van der Waals surface area contributed by atoms with E-state index in [0.29, 0.717) is 52.1 Å². The molecule has 1 amide bonds. The van der Waals surface area contributed by atoms with Crippen LogP contribution in [0.3, 0.4) is 0 Å². The summed E-state index contributed by atoms with van der Waals surface area (Å²) in [5.74, 6) is 1.12. The second kappa shape index (κ2) is 10.9. The Kier molecular flexibility index (Phi) is 7.63. The largest absolute Gasteiger partial charge is 0.352 e. The SMILES string of the molecule is CC(C)NC(=O)Cn1c(-c2cccc(Cl)c2)nc2ccc([C@H]3C[C@@H](CN4CCCC(F)C4)C3)cc2c1=O. The number of rotatable bonds is 7. The maximum Gasteiger partial charge on any atom is 0.262 e. The second-order valence-corrected chi connectivity index (χ2v) is 11.3. The van der Waals surface area contributed by atoms with E-state index < -0.39 is 6.17 Å². The summed E-state index contributed by atoms with van der Waals surface area (Å²) in [6, 6.07) is 13.0. The van der Waals surface area contributed by atoms with Gasteiger partial charge in [0.05, 0.1) is 10.9 Å². The van der Waals surface area contributed by atoms with Crippen molar-refractivity contribution < 1.29 is 9.18 Å². The van der Waals surface area contributed by atoms with Gasteiger partial charge in [-0.3, -0.25) is 14.2 Å². The van der Waals surface area contributed by atoms with Crippen LogP contribution in [0, 0.1) is 5.92 Å². The maximum atomic E-state index is 13.8. The normalized spacial score (nSPS) is 22.2. The molecule has 0 radical (unpaired) electrons. The average molecular weight is 525 g/mol. The highest BCUT2D eigenvalue weighted by atomic mass is 35.5. The van der Waals surface area contributed by atoms with Gasteiger partial charge in [0.2, 0.25) is 5.91 Å². The smallest absolute Gasteiger partial charge is 0.262 e. The summed E-state index contributed by atoms with van der Waals surface area (Å²) in [7, 11) is 0. The monoisotopic (exact) mass is 524 g/mol. The van der Waals surface area contributed by atoms with Crippen molar-refractivity contribution in [3.63, 3.8) is 0 Å². The van der Waals surface area contributed by atoms with E-state index in [9.17, 15) is 14.0 Å². The van der Waals surface area contributed by atoms with E-state index in [4.69, 9.17) is 16.6 Å². The molecule has 1 atom stereocenters. The predicted octanol–water partition coefficient (Wildman–Crippen LogP) is 5.17. The lowest BCUT2D eigenvalue weighted by molar-refractivity contribution is -0.122. The zero-order chi connectivity index (χ0) is 26.1. The molecule has 196 valence electrons. The van der Waals surface area contributed by atoms with Crippen LogP contribution >= 0.6 is 11.6 Å². The first-order chi connectivity index (χ1) is 17.8. The molecule has 3 aromatic rings. The van der Waals surface area contributed by atoms with E-state index in [1.54, 1.807) is 18.2 Å². The van der Waals surface area contributed by atoms with E-state index in [1.165, 1.54) is 4.57 Å². The number of nitrogens with one attached hydrogen (secondary N) is 1. The molecule has 2 fully saturated rings. The van der Waals surface area contributed by atoms with Crippen molar-refractivity contribution >= 4 is 28.4 Å². The molecule has 0 spiro atoms. The molecular formula is C29H34ClFN4O2. The summed E-state index contributed by atoms with van der Waals surface area (Å²) in [5.41, 5.74) is 2.17. The van der Waals surface area contributed by atoms with Crippen LogP contribution in [0.1, 0.15) is 51.0 Å². The van der Waals surface area contributed by atoms with Crippen LogP contribution < -0.4 is 10.9 Å². The standard InChI is InChI=1S/C29H34ClFN4O2/c1-18(2)32-27(36)17-35-28(21-5-3-6-23(30)13-21)33-26-9-8-20(14-25(26)29(35)37)22-11-19(12-22)15-34-10-4-7-24(31)16-34/h3,5-6,8-9,13-14,18-19,22,24H,4,7,10-12,15-17H2,1-2H3,(H,32,36)/t19-,22+,24?. The third-order valence-electron chi connectivity index (χ3n) is 7.48. The molecule has 1 aromatic heterocycles. The van der Waals surface area contributed by atoms with Crippen LogP contribution in [-0.4, -0.2) is 52.2 Å². The molecule has 1 N–H and O–H groups in total. The number of carbonyl (C=O) groups is 1. The molecule has 6 nitrogen and oxygen atoms in total. The molecule has 5 rings (SSSR count). The quantitative estimate of drug-likeness (QED) is 0.463. The van der Waals surface area contributed by atoms with Crippen molar-refractivity contribution in [2.24, 2.45) is 5.92 Å². The van der Waals surface area contributed by atoms with Gasteiger partial charge in [0.1, 0.15) is 18.5 Å². The van der Waals surface area contributed by atoms with Gasteiger partial charge in [-0.25, -0.2) is 9.37 Å². The highest BCUT2D eigenvalue weighted by molar-refractivity contribution is 6.30. The summed E-state index contributed by atoms with van der Waals surface area (Å²) in [4.78, 5) is 33.5. The number of halogens is 2. The molecule has 1 unspecified atom stereocenters. The molecule has 37 heavy (non-hydrogen) atoms. The molecule has 1 saturated heterocycles. The molecule has 8 heteroatoms. The van der Waals surface area contributed by atoms with Gasteiger partial charge in [0.25, 0.3) is 5.56 Å². The molecule has 2 heterocycles. The Morgan fingerprint density at radius 1 is 1.22 bits per heavy atom. The van der Waals surface area contributed by atoms with Crippen LogP contribution in [-0.2, 0) is 11.3 Å². The Hall–Kier alpha value is -2.77. The van der Waals surface area contributed by atoms with Crippen molar-refractivity contribution in [3.05, 3.63) is 63.4 Å². The molecule has 1 aliphatic carbocycles. The topological polar surface area (TPSA) is 67.2 Å². The zero-order valence-electron chi connectivity index (χ0n) is 21.4. The summed E-state index contributed by atoms with van der Waals surface area (Å²) in [6.45, 7) is 6.15. The average Bonchev–Trinajstić information content (AvgIpc) is 2.82. The number of nitrogens with zero attached hydrogens (tertiary/aromatic N) is 3. The molecule has 2 aromatic carbocycles. The predicted molar refractivity (Wildman–Crippen MR) is 146 cm³/mol. The Morgan fingerprint density at radius 2 is 2.03 bits per heavy atom. The third-order valence-corrected chi connectivity index (χ3v) is 7.72. The van der Waals surface area contributed by atoms with Gasteiger partial charge in [-0.1, -0.05) is 29.8 Å². The van der Waals surface area contributed by atoms with E-state index in [2.05, 4.69) is 16.3 Å². The fraction of sp³-hybridized carbons (Fsp3) is 0.483. The number of likely N-dealkylation sites (tertiary alicyclic amines) is 1. The van der Waals surface area contributed by atoms with Gasteiger partial charge in [-0.15, -0.1) is 0 Å². The molecular weight excluding hydrogens is 491 g/mol. The third kappa shape index (κ3) is 5.88. The maximum absolute atomic E-state index is 13.8. The lowest BCUT2D eigenvalue weighted by Crippen LogP contribution is -2.42. The van der Waals surface area contributed by atoms with Gasteiger partial charge in [-0.05, 0) is 87.7 Å². The van der Waals surface area contributed by atoms with Gasteiger partial charge in [-0.2, -0.15) is 0 Å². The molecule has 1 saturated carbocycles. The second-order valence-electron chi connectivity index (χ2n) is 10.9. The number of carbonyl (C=O) groups excluding carboxylic acids is 1. The van der Waals surface area contributed by atoms with Gasteiger partial charge in [0, 0.05) is 29.7 Å². The van der Waals surface area contributed by atoms with Crippen LogP contribution in [0.2, 0.25) is 5.02 Å².